The van der Waals surface area contributed by atoms with Crippen LogP contribution in [0, 0.1) is 22.7 Å². The molecule has 0 bridgehead atoms. The van der Waals surface area contributed by atoms with Crippen molar-refractivity contribution in [2.24, 2.45) is 0 Å². The van der Waals surface area contributed by atoms with Gasteiger partial charge in [-0.2, -0.15) is 10.5 Å². The van der Waals surface area contributed by atoms with Gasteiger partial charge in [0, 0.05) is 10.6 Å². The Hall–Kier alpha value is -1.59. The molecule has 1 aromatic carbocycles. The van der Waals surface area contributed by atoms with Crippen molar-refractivity contribution in [3.8, 4) is 12.1 Å². The number of hydrogen-bond acceptors (Lipinski definition) is 4. The molecule has 0 amide bonds. The molecule has 2 unspecified atom stereocenters. The van der Waals surface area contributed by atoms with Crippen LogP contribution in [0.3, 0.4) is 0 Å². The summed E-state index contributed by atoms with van der Waals surface area (Å²) in [6, 6.07) is 8.02. The zero-order chi connectivity index (χ0) is 12.1. The summed E-state index contributed by atoms with van der Waals surface area (Å²) in [5, 5.41) is 36.8. The lowest BCUT2D eigenvalue weighted by Crippen LogP contribution is -2.18. The minimum Gasteiger partial charge on any atom is -0.389 e. The average molecular weight is 237 g/mol. The molecule has 0 saturated carbocycles. The lowest BCUT2D eigenvalue weighted by Gasteiger charge is -2.16. The fraction of sp³-hybridized carbons (Fsp3) is 0.273. The van der Waals surface area contributed by atoms with Crippen LogP contribution in [0.25, 0.3) is 0 Å². The Labute approximate surface area is 97.9 Å². The predicted molar refractivity (Wildman–Crippen MR) is 57.4 cm³/mol. The highest BCUT2D eigenvalue weighted by Gasteiger charge is 2.21. The van der Waals surface area contributed by atoms with Crippen molar-refractivity contribution < 1.29 is 10.2 Å². The van der Waals surface area contributed by atoms with E-state index in [0.717, 1.165) is 0 Å². The first kappa shape index (κ1) is 12.5. The highest BCUT2D eigenvalue weighted by molar-refractivity contribution is 6.30. The minimum absolute atomic E-state index is 0.210. The summed E-state index contributed by atoms with van der Waals surface area (Å²) in [4.78, 5) is 0. The van der Waals surface area contributed by atoms with E-state index in [2.05, 4.69) is 0 Å². The van der Waals surface area contributed by atoms with Crippen molar-refractivity contribution in [2.45, 2.75) is 18.6 Å². The third kappa shape index (κ3) is 2.71. The van der Waals surface area contributed by atoms with Gasteiger partial charge in [-0.3, -0.25) is 0 Å². The monoisotopic (exact) mass is 236 g/mol. The van der Waals surface area contributed by atoms with Crippen LogP contribution in [-0.4, -0.2) is 16.3 Å². The topological polar surface area (TPSA) is 88.0 Å². The van der Waals surface area contributed by atoms with Crippen LogP contribution in [0.15, 0.2) is 18.2 Å². The van der Waals surface area contributed by atoms with Gasteiger partial charge in [-0.25, -0.2) is 0 Å². The largest absolute Gasteiger partial charge is 0.389 e. The van der Waals surface area contributed by atoms with Crippen molar-refractivity contribution in [1.82, 2.24) is 0 Å². The minimum atomic E-state index is -1.28. The summed E-state index contributed by atoms with van der Waals surface area (Å²) >= 11 is 5.73. The molecule has 1 aromatic rings. The third-order valence-electron chi connectivity index (χ3n) is 2.12. The number of benzene rings is 1. The van der Waals surface area contributed by atoms with Crippen LogP contribution in [-0.2, 0) is 0 Å². The summed E-state index contributed by atoms with van der Waals surface area (Å²) in [5.41, 5.74) is 0.464. The summed E-state index contributed by atoms with van der Waals surface area (Å²) in [7, 11) is 0. The van der Waals surface area contributed by atoms with E-state index in [-0.39, 0.29) is 17.5 Å². The Morgan fingerprint density at radius 2 is 2.00 bits per heavy atom. The molecular weight excluding hydrogens is 228 g/mol. The molecule has 0 heterocycles. The maximum atomic E-state index is 9.75. The standard InChI is InChI=1S/C11H9ClN2O2/c12-8-2-1-7(6-14)9(5-8)11(16)10(15)3-4-13/h1-2,5,10-11,15-16H,3H2. The van der Waals surface area contributed by atoms with Gasteiger partial charge in [-0.05, 0) is 18.2 Å². The number of nitrogens with zero attached hydrogens (tertiary/aromatic N) is 2. The normalized spacial score (nSPS) is 13.6. The fourth-order valence-electron chi connectivity index (χ4n) is 1.29. The van der Waals surface area contributed by atoms with E-state index < -0.39 is 12.2 Å². The zero-order valence-corrected chi connectivity index (χ0v) is 9.02. The fourth-order valence-corrected chi connectivity index (χ4v) is 1.47. The summed E-state index contributed by atoms with van der Waals surface area (Å²) in [6.45, 7) is 0. The molecule has 82 valence electrons. The second-order valence-electron chi connectivity index (χ2n) is 3.22. The van der Waals surface area contributed by atoms with E-state index in [9.17, 15) is 10.2 Å². The van der Waals surface area contributed by atoms with E-state index in [4.69, 9.17) is 22.1 Å². The van der Waals surface area contributed by atoms with Crippen molar-refractivity contribution in [3.05, 3.63) is 34.3 Å². The van der Waals surface area contributed by atoms with Gasteiger partial charge in [0.2, 0.25) is 0 Å². The molecule has 0 aliphatic rings. The molecule has 0 fully saturated rings. The lowest BCUT2D eigenvalue weighted by molar-refractivity contribution is 0.0215. The van der Waals surface area contributed by atoms with E-state index in [1.165, 1.54) is 18.2 Å². The maximum Gasteiger partial charge on any atom is 0.107 e. The van der Waals surface area contributed by atoms with E-state index in [1.54, 1.807) is 6.07 Å². The molecule has 0 spiro atoms. The van der Waals surface area contributed by atoms with Crippen LogP contribution >= 0.6 is 11.6 Å². The molecule has 0 aromatic heterocycles. The molecule has 0 saturated heterocycles. The highest BCUT2D eigenvalue weighted by atomic mass is 35.5. The summed E-state index contributed by atoms with van der Waals surface area (Å²) in [6.07, 6.45) is -2.72. The van der Waals surface area contributed by atoms with Gasteiger partial charge in [0.25, 0.3) is 0 Å². The highest BCUT2D eigenvalue weighted by Crippen LogP contribution is 2.25. The number of halogens is 1. The quantitative estimate of drug-likeness (QED) is 0.833. The predicted octanol–water partition coefficient (Wildman–Crippen LogP) is 1.52. The second kappa shape index (κ2) is 5.48. The number of aliphatic hydroxyl groups is 2. The summed E-state index contributed by atoms with van der Waals surface area (Å²) < 4.78 is 0. The summed E-state index contributed by atoms with van der Waals surface area (Å²) in [5.74, 6) is 0. The van der Waals surface area contributed by atoms with Gasteiger partial charge in [0.15, 0.2) is 0 Å². The van der Waals surface area contributed by atoms with Crippen LogP contribution in [0.1, 0.15) is 23.7 Å². The van der Waals surface area contributed by atoms with Crippen LogP contribution in [0.2, 0.25) is 5.02 Å². The second-order valence-corrected chi connectivity index (χ2v) is 3.65. The first-order valence-corrected chi connectivity index (χ1v) is 4.90. The SMILES string of the molecule is N#CCC(O)C(O)c1cc(Cl)ccc1C#N. The Kier molecular flexibility index (Phi) is 4.28. The van der Waals surface area contributed by atoms with Crippen molar-refractivity contribution in [1.29, 1.82) is 10.5 Å². The molecule has 16 heavy (non-hydrogen) atoms. The van der Waals surface area contributed by atoms with Crippen LogP contribution < -0.4 is 0 Å². The van der Waals surface area contributed by atoms with Gasteiger partial charge in [0.05, 0.1) is 30.2 Å². The van der Waals surface area contributed by atoms with Gasteiger partial charge < -0.3 is 10.2 Å². The lowest BCUT2D eigenvalue weighted by atomic mass is 9.98. The molecule has 1 rings (SSSR count). The molecular formula is C11H9ClN2O2. The van der Waals surface area contributed by atoms with Gasteiger partial charge in [-0.15, -0.1) is 0 Å². The Morgan fingerprint density at radius 1 is 1.31 bits per heavy atom. The number of nitriles is 2. The smallest absolute Gasteiger partial charge is 0.107 e. The first-order valence-electron chi connectivity index (χ1n) is 4.52. The van der Waals surface area contributed by atoms with Crippen molar-refractivity contribution in [2.75, 3.05) is 0 Å². The van der Waals surface area contributed by atoms with Gasteiger partial charge >= 0.3 is 0 Å². The Balaban J connectivity index is 3.08. The number of rotatable bonds is 3. The Bertz CT molecular complexity index is 462. The van der Waals surface area contributed by atoms with Gasteiger partial charge in [0.1, 0.15) is 6.10 Å². The molecule has 5 heteroatoms. The van der Waals surface area contributed by atoms with Crippen LogP contribution in [0.5, 0.6) is 0 Å². The van der Waals surface area contributed by atoms with E-state index in [0.29, 0.717) is 5.02 Å². The molecule has 2 N–H and O–H groups in total. The third-order valence-corrected chi connectivity index (χ3v) is 2.35. The molecule has 0 aliphatic carbocycles. The van der Waals surface area contributed by atoms with Crippen molar-refractivity contribution >= 4 is 11.6 Å². The molecule has 4 nitrogen and oxygen atoms in total. The number of aliphatic hydroxyl groups excluding tert-OH is 2. The van der Waals surface area contributed by atoms with Crippen molar-refractivity contribution in [3.63, 3.8) is 0 Å². The average Bonchev–Trinajstić information content (AvgIpc) is 2.28. The van der Waals surface area contributed by atoms with Crippen LogP contribution in [0.4, 0.5) is 0 Å². The first-order chi connectivity index (χ1) is 7.60. The number of hydrogen-bond donors (Lipinski definition) is 2. The molecule has 2 atom stereocenters. The Morgan fingerprint density at radius 3 is 2.56 bits per heavy atom. The van der Waals surface area contributed by atoms with E-state index in [1.807, 2.05) is 6.07 Å². The van der Waals surface area contributed by atoms with Gasteiger partial charge in [-0.1, -0.05) is 11.6 Å². The van der Waals surface area contributed by atoms with E-state index >= 15 is 0 Å². The molecule has 0 aliphatic heterocycles. The maximum absolute atomic E-state index is 9.75. The molecule has 0 radical (unpaired) electrons. The zero-order valence-electron chi connectivity index (χ0n) is 8.26.